The molecule has 0 aliphatic rings. The highest BCUT2D eigenvalue weighted by Gasteiger charge is 2.20. The second-order valence-electron chi connectivity index (χ2n) is 4.60. The van der Waals surface area contributed by atoms with Crippen LogP contribution in [0.2, 0.25) is 5.02 Å². The number of hydrogen-bond acceptors (Lipinski definition) is 2. The summed E-state index contributed by atoms with van der Waals surface area (Å²) >= 11 is 9.79. The maximum absolute atomic E-state index is 6.39. The van der Waals surface area contributed by atoms with Gasteiger partial charge in [-0.05, 0) is 25.0 Å². The summed E-state index contributed by atoms with van der Waals surface area (Å²) in [6.07, 6.45) is 2.66. The van der Waals surface area contributed by atoms with Gasteiger partial charge in [0.2, 0.25) is 0 Å². The zero-order valence-electron chi connectivity index (χ0n) is 11.0. The number of halogens is 2. The first-order chi connectivity index (χ1) is 9.04. The third kappa shape index (κ3) is 3.02. The summed E-state index contributed by atoms with van der Waals surface area (Å²) in [6, 6.07) is 5.86. The van der Waals surface area contributed by atoms with Crippen LogP contribution in [-0.2, 0) is 6.54 Å². The SMILES string of the molecule is CCCn1ncc(Cl)c1C(N)c1cc(C)ccc1Br. The summed E-state index contributed by atoms with van der Waals surface area (Å²) in [4.78, 5) is 0. The maximum atomic E-state index is 6.39. The summed E-state index contributed by atoms with van der Waals surface area (Å²) < 4.78 is 2.88. The highest BCUT2D eigenvalue weighted by molar-refractivity contribution is 9.10. The fourth-order valence-electron chi connectivity index (χ4n) is 2.12. The molecule has 0 saturated heterocycles. The predicted molar refractivity (Wildman–Crippen MR) is 82.4 cm³/mol. The zero-order valence-corrected chi connectivity index (χ0v) is 13.4. The third-order valence-electron chi connectivity index (χ3n) is 3.05. The normalized spacial score (nSPS) is 12.7. The molecule has 0 fully saturated rings. The molecule has 0 bridgehead atoms. The molecule has 0 spiro atoms. The van der Waals surface area contributed by atoms with Crippen molar-refractivity contribution in [3.05, 3.63) is 50.7 Å². The van der Waals surface area contributed by atoms with Gasteiger partial charge in [-0.3, -0.25) is 4.68 Å². The molecule has 1 unspecified atom stereocenters. The monoisotopic (exact) mass is 341 g/mol. The number of aromatic nitrogens is 2. The van der Waals surface area contributed by atoms with Gasteiger partial charge in [-0.15, -0.1) is 0 Å². The van der Waals surface area contributed by atoms with Crippen LogP contribution in [0.3, 0.4) is 0 Å². The molecule has 5 heteroatoms. The van der Waals surface area contributed by atoms with Gasteiger partial charge in [-0.25, -0.2) is 0 Å². The van der Waals surface area contributed by atoms with Crippen LogP contribution in [-0.4, -0.2) is 9.78 Å². The number of nitrogens with zero attached hydrogens (tertiary/aromatic N) is 2. The van der Waals surface area contributed by atoms with Crippen molar-refractivity contribution in [2.24, 2.45) is 5.73 Å². The van der Waals surface area contributed by atoms with Gasteiger partial charge in [0.05, 0.1) is 23.0 Å². The first-order valence-electron chi connectivity index (χ1n) is 6.27. The Hall–Kier alpha value is -0.840. The molecule has 2 aromatic rings. The first-order valence-corrected chi connectivity index (χ1v) is 7.44. The van der Waals surface area contributed by atoms with E-state index in [1.807, 2.05) is 23.7 Å². The van der Waals surface area contributed by atoms with Crippen LogP contribution in [0, 0.1) is 6.92 Å². The topological polar surface area (TPSA) is 43.8 Å². The summed E-state index contributed by atoms with van der Waals surface area (Å²) in [5.74, 6) is 0. The van der Waals surface area contributed by atoms with Gasteiger partial charge in [0.15, 0.2) is 0 Å². The Morgan fingerprint density at radius 3 is 2.89 bits per heavy atom. The van der Waals surface area contributed by atoms with Crippen LogP contribution < -0.4 is 5.73 Å². The fourth-order valence-corrected chi connectivity index (χ4v) is 2.87. The Balaban J connectivity index is 2.46. The molecule has 1 heterocycles. The molecule has 0 radical (unpaired) electrons. The minimum atomic E-state index is -0.282. The van der Waals surface area contributed by atoms with Crippen molar-refractivity contribution in [1.29, 1.82) is 0 Å². The van der Waals surface area contributed by atoms with E-state index in [0.29, 0.717) is 5.02 Å². The standard InChI is InChI=1S/C14H17BrClN3/c1-3-6-19-14(12(16)8-18-19)13(17)10-7-9(2)4-5-11(10)15/h4-5,7-8,13H,3,6,17H2,1-2H3. The van der Waals surface area contributed by atoms with Crippen molar-refractivity contribution >= 4 is 27.5 Å². The Morgan fingerprint density at radius 2 is 2.21 bits per heavy atom. The average Bonchev–Trinajstić information content (AvgIpc) is 2.73. The van der Waals surface area contributed by atoms with E-state index in [1.54, 1.807) is 6.20 Å². The van der Waals surface area contributed by atoms with E-state index in [9.17, 15) is 0 Å². The van der Waals surface area contributed by atoms with Gasteiger partial charge in [-0.2, -0.15) is 5.10 Å². The minimum absolute atomic E-state index is 0.282. The highest BCUT2D eigenvalue weighted by atomic mass is 79.9. The lowest BCUT2D eigenvalue weighted by molar-refractivity contribution is 0.559. The molecule has 2 N–H and O–H groups in total. The molecule has 0 aliphatic heterocycles. The van der Waals surface area contributed by atoms with Gasteiger partial charge in [0.25, 0.3) is 0 Å². The average molecular weight is 343 g/mol. The van der Waals surface area contributed by atoms with Crippen LogP contribution in [0.1, 0.15) is 36.2 Å². The quantitative estimate of drug-likeness (QED) is 0.910. The fraction of sp³-hybridized carbons (Fsp3) is 0.357. The molecule has 1 aromatic heterocycles. The molecule has 2 rings (SSSR count). The lowest BCUT2D eigenvalue weighted by Crippen LogP contribution is -2.18. The number of nitrogens with two attached hydrogens (primary N) is 1. The van der Waals surface area contributed by atoms with Crippen LogP contribution in [0.4, 0.5) is 0 Å². The molecule has 3 nitrogen and oxygen atoms in total. The van der Waals surface area contributed by atoms with Crippen molar-refractivity contribution in [3.63, 3.8) is 0 Å². The molecule has 0 amide bonds. The number of aryl methyl sites for hydroxylation is 2. The maximum Gasteiger partial charge on any atom is 0.0837 e. The van der Waals surface area contributed by atoms with Gasteiger partial charge < -0.3 is 5.73 Å². The minimum Gasteiger partial charge on any atom is -0.319 e. The summed E-state index contributed by atoms with van der Waals surface area (Å²) in [6.45, 7) is 4.97. The predicted octanol–water partition coefficient (Wildman–Crippen LogP) is 4.07. The van der Waals surface area contributed by atoms with Crippen LogP contribution in [0.15, 0.2) is 28.9 Å². The summed E-state index contributed by atoms with van der Waals surface area (Å²) in [5.41, 5.74) is 9.46. The Bertz CT molecular complexity index is 580. The van der Waals surface area contributed by atoms with E-state index >= 15 is 0 Å². The second kappa shape index (κ2) is 6.07. The number of hydrogen-bond donors (Lipinski definition) is 1. The molecule has 1 aromatic carbocycles. The lowest BCUT2D eigenvalue weighted by Gasteiger charge is -2.17. The van der Waals surface area contributed by atoms with Gasteiger partial charge >= 0.3 is 0 Å². The third-order valence-corrected chi connectivity index (χ3v) is 4.06. The van der Waals surface area contributed by atoms with Crippen molar-refractivity contribution in [1.82, 2.24) is 9.78 Å². The van der Waals surface area contributed by atoms with E-state index in [2.05, 4.69) is 34.0 Å². The molecule has 0 aliphatic carbocycles. The molecule has 0 saturated carbocycles. The van der Waals surface area contributed by atoms with E-state index in [1.165, 1.54) is 5.56 Å². The van der Waals surface area contributed by atoms with Gasteiger partial charge in [0.1, 0.15) is 0 Å². The van der Waals surface area contributed by atoms with Crippen molar-refractivity contribution in [2.45, 2.75) is 32.9 Å². The van der Waals surface area contributed by atoms with E-state index in [4.69, 9.17) is 17.3 Å². The Kier molecular flexibility index (Phi) is 4.66. The van der Waals surface area contributed by atoms with E-state index in [-0.39, 0.29) is 6.04 Å². The van der Waals surface area contributed by atoms with E-state index < -0.39 is 0 Å². The summed E-state index contributed by atoms with van der Waals surface area (Å²) in [7, 11) is 0. The molecule has 1 atom stereocenters. The molecular formula is C14H17BrClN3. The van der Waals surface area contributed by atoms with Crippen molar-refractivity contribution in [3.8, 4) is 0 Å². The highest BCUT2D eigenvalue weighted by Crippen LogP contribution is 2.31. The first kappa shape index (κ1) is 14.6. The van der Waals surface area contributed by atoms with Crippen molar-refractivity contribution < 1.29 is 0 Å². The number of benzene rings is 1. The molecule has 102 valence electrons. The van der Waals surface area contributed by atoms with Crippen LogP contribution >= 0.6 is 27.5 Å². The van der Waals surface area contributed by atoms with E-state index in [0.717, 1.165) is 28.7 Å². The second-order valence-corrected chi connectivity index (χ2v) is 5.87. The van der Waals surface area contributed by atoms with Crippen LogP contribution in [0.25, 0.3) is 0 Å². The molecular weight excluding hydrogens is 326 g/mol. The molecule has 19 heavy (non-hydrogen) atoms. The number of rotatable bonds is 4. The summed E-state index contributed by atoms with van der Waals surface area (Å²) in [5, 5.41) is 4.91. The lowest BCUT2D eigenvalue weighted by atomic mass is 10.0. The van der Waals surface area contributed by atoms with Gasteiger partial charge in [-0.1, -0.05) is 52.2 Å². The van der Waals surface area contributed by atoms with Crippen molar-refractivity contribution in [2.75, 3.05) is 0 Å². The van der Waals surface area contributed by atoms with Crippen LogP contribution in [0.5, 0.6) is 0 Å². The largest absolute Gasteiger partial charge is 0.319 e. The van der Waals surface area contributed by atoms with Gasteiger partial charge in [0, 0.05) is 11.0 Å². The Morgan fingerprint density at radius 1 is 1.47 bits per heavy atom. The Labute approximate surface area is 126 Å². The smallest absolute Gasteiger partial charge is 0.0837 e. The zero-order chi connectivity index (χ0) is 14.0.